The van der Waals surface area contributed by atoms with Gasteiger partial charge in [0.2, 0.25) is 0 Å². The van der Waals surface area contributed by atoms with Crippen LogP contribution in [-0.4, -0.2) is 6.29 Å². The molecule has 0 saturated heterocycles. The molecule has 0 aliphatic heterocycles. The number of benzene rings is 1. The van der Waals surface area contributed by atoms with Crippen LogP contribution in [0.1, 0.15) is 41.5 Å². The first kappa shape index (κ1) is 11.5. The standard InChI is InChI=1S/C13H15NO/c1-9(4-5-15)13-7-12(8-14)6-10(2)11(13)3/h5-7,9H,4H2,1-3H3. The van der Waals surface area contributed by atoms with Crippen molar-refractivity contribution in [3.63, 3.8) is 0 Å². The SMILES string of the molecule is Cc1cc(C#N)cc(C(C)CC=O)c1C. The highest BCUT2D eigenvalue weighted by molar-refractivity contribution is 5.53. The van der Waals surface area contributed by atoms with Gasteiger partial charge in [-0.3, -0.25) is 0 Å². The average Bonchev–Trinajstić information content (AvgIpc) is 2.22. The minimum absolute atomic E-state index is 0.189. The van der Waals surface area contributed by atoms with Crippen LogP contribution in [0, 0.1) is 25.2 Å². The Hall–Kier alpha value is -1.62. The van der Waals surface area contributed by atoms with E-state index < -0.39 is 0 Å². The van der Waals surface area contributed by atoms with Crippen LogP contribution in [0.4, 0.5) is 0 Å². The summed E-state index contributed by atoms with van der Waals surface area (Å²) in [6.07, 6.45) is 1.44. The molecule has 0 N–H and O–H groups in total. The van der Waals surface area contributed by atoms with E-state index in [1.165, 1.54) is 5.56 Å². The molecule has 2 heteroatoms. The molecule has 1 aromatic rings. The molecule has 0 aliphatic rings. The predicted octanol–water partition coefficient (Wildman–Crippen LogP) is 2.87. The van der Waals surface area contributed by atoms with Gasteiger partial charge in [-0.25, -0.2) is 0 Å². The van der Waals surface area contributed by atoms with Crippen LogP contribution < -0.4 is 0 Å². The Labute approximate surface area is 90.5 Å². The Bertz CT molecular complexity index is 415. The lowest BCUT2D eigenvalue weighted by molar-refractivity contribution is -0.108. The van der Waals surface area contributed by atoms with Gasteiger partial charge < -0.3 is 4.79 Å². The van der Waals surface area contributed by atoms with E-state index in [0.29, 0.717) is 12.0 Å². The quantitative estimate of drug-likeness (QED) is 0.705. The third-order valence-electron chi connectivity index (χ3n) is 2.82. The molecule has 2 nitrogen and oxygen atoms in total. The van der Waals surface area contributed by atoms with Crippen molar-refractivity contribution in [2.75, 3.05) is 0 Å². The molecule has 1 aromatic carbocycles. The van der Waals surface area contributed by atoms with Gasteiger partial charge >= 0.3 is 0 Å². The lowest BCUT2D eigenvalue weighted by Crippen LogP contribution is -2.00. The third kappa shape index (κ3) is 2.44. The molecule has 0 amide bonds. The Morgan fingerprint density at radius 3 is 2.67 bits per heavy atom. The van der Waals surface area contributed by atoms with E-state index in [-0.39, 0.29) is 5.92 Å². The average molecular weight is 201 g/mol. The summed E-state index contributed by atoms with van der Waals surface area (Å²) in [6.45, 7) is 6.04. The number of nitriles is 1. The molecule has 0 aromatic heterocycles. The van der Waals surface area contributed by atoms with Crippen LogP contribution in [-0.2, 0) is 4.79 Å². The molecular formula is C13H15NO. The summed E-state index contributed by atoms with van der Waals surface area (Å²) in [6, 6.07) is 5.91. The van der Waals surface area contributed by atoms with Gasteiger partial charge in [-0.15, -0.1) is 0 Å². The normalized spacial score (nSPS) is 11.9. The fourth-order valence-corrected chi connectivity index (χ4v) is 1.73. The highest BCUT2D eigenvalue weighted by Crippen LogP contribution is 2.25. The van der Waals surface area contributed by atoms with Crippen molar-refractivity contribution in [1.82, 2.24) is 0 Å². The number of carbonyl (C=O) groups excluding carboxylic acids is 1. The zero-order valence-corrected chi connectivity index (χ0v) is 9.37. The Morgan fingerprint density at radius 1 is 1.47 bits per heavy atom. The van der Waals surface area contributed by atoms with Gasteiger partial charge in [0.25, 0.3) is 0 Å². The number of hydrogen-bond donors (Lipinski definition) is 0. The maximum absolute atomic E-state index is 10.5. The monoisotopic (exact) mass is 201 g/mol. The van der Waals surface area contributed by atoms with Gasteiger partial charge in [0, 0.05) is 6.42 Å². The molecule has 15 heavy (non-hydrogen) atoms. The van der Waals surface area contributed by atoms with Crippen LogP contribution in [0.2, 0.25) is 0 Å². The van der Waals surface area contributed by atoms with Crippen molar-refractivity contribution in [2.45, 2.75) is 33.1 Å². The van der Waals surface area contributed by atoms with E-state index in [4.69, 9.17) is 5.26 Å². The molecule has 0 spiro atoms. The third-order valence-corrected chi connectivity index (χ3v) is 2.82. The molecule has 0 heterocycles. The van der Waals surface area contributed by atoms with Gasteiger partial charge in [-0.2, -0.15) is 5.26 Å². The maximum atomic E-state index is 10.5. The zero-order chi connectivity index (χ0) is 11.4. The van der Waals surface area contributed by atoms with E-state index in [0.717, 1.165) is 17.4 Å². The minimum atomic E-state index is 0.189. The van der Waals surface area contributed by atoms with Crippen molar-refractivity contribution in [3.05, 3.63) is 34.4 Å². The lowest BCUT2D eigenvalue weighted by Gasteiger charge is -2.14. The largest absolute Gasteiger partial charge is 0.303 e. The van der Waals surface area contributed by atoms with Crippen molar-refractivity contribution in [1.29, 1.82) is 5.26 Å². The van der Waals surface area contributed by atoms with Gasteiger partial charge in [0.05, 0.1) is 11.6 Å². The second kappa shape index (κ2) is 4.75. The summed E-state index contributed by atoms with van der Waals surface area (Å²) in [5.41, 5.74) is 4.08. The lowest BCUT2D eigenvalue weighted by atomic mass is 9.90. The number of aldehydes is 1. The molecule has 78 valence electrons. The van der Waals surface area contributed by atoms with Crippen LogP contribution in [0.3, 0.4) is 0 Å². The van der Waals surface area contributed by atoms with Gasteiger partial charge in [-0.05, 0) is 48.6 Å². The highest BCUT2D eigenvalue weighted by Gasteiger charge is 2.11. The van der Waals surface area contributed by atoms with Crippen molar-refractivity contribution >= 4 is 6.29 Å². The number of hydrogen-bond acceptors (Lipinski definition) is 2. The topological polar surface area (TPSA) is 40.9 Å². The summed E-state index contributed by atoms with van der Waals surface area (Å²) >= 11 is 0. The van der Waals surface area contributed by atoms with Crippen LogP contribution in [0.5, 0.6) is 0 Å². The van der Waals surface area contributed by atoms with Crippen LogP contribution in [0.15, 0.2) is 12.1 Å². The first-order valence-electron chi connectivity index (χ1n) is 5.05. The van der Waals surface area contributed by atoms with Gasteiger partial charge in [0.15, 0.2) is 0 Å². The maximum Gasteiger partial charge on any atom is 0.120 e. The first-order valence-corrected chi connectivity index (χ1v) is 5.05. The summed E-state index contributed by atoms with van der Waals surface area (Å²) in [5.74, 6) is 0.189. The van der Waals surface area contributed by atoms with E-state index in [1.54, 1.807) is 0 Å². The minimum Gasteiger partial charge on any atom is -0.303 e. The fraction of sp³-hybridized carbons (Fsp3) is 0.385. The van der Waals surface area contributed by atoms with Crippen molar-refractivity contribution < 1.29 is 4.79 Å². The summed E-state index contributed by atoms with van der Waals surface area (Å²) in [7, 11) is 0. The number of aryl methyl sites for hydroxylation is 1. The molecule has 0 aliphatic carbocycles. The molecule has 1 unspecified atom stereocenters. The van der Waals surface area contributed by atoms with Crippen molar-refractivity contribution in [3.8, 4) is 6.07 Å². The molecule has 0 bridgehead atoms. The molecule has 0 radical (unpaired) electrons. The van der Waals surface area contributed by atoms with Crippen LogP contribution >= 0.6 is 0 Å². The van der Waals surface area contributed by atoms with E-state index in [1.807, 2.05) is 32.9 Å². The summed E-state index contributed by atoms with van der Waals surface area (Å²) in [4.78, 5) is 10.5. The number of nitrogens with zero attached hydrogens (tertiary/aromatic N) is 1. The van der Waals surface area contributed by atoms with E-state index in [9.17, 15) is 4.79 Å². The summed E-state index contributed by atoms with van der Waals surface area (Å²) < 4.78 is 0. The number of rotatable bonds is 3. The summed E-state index contributed by atoms with van der Waals surface area (Å²) in [5, 5.41) is 8.87. The Kier molecular flexibility index (Phi) is 3.62. The molecular weight excluding hydrogens is 186 g/mol. The first-order chi connectivity index (χ1) is 7.10. The second-order valence-corrected chi connectivity index (χ2v) is 3.92. The van der Waals surface area contributed by atoms with Crippen molar-refractivity contribution in [2.24, 2.45) is 0 Å². The highest BCUT2D eigenvalue weighted by atomic mass is 16.1. The second-order valence-electron chi connectivity index (χ2n) is 3.92. The number of carbonyl (C=O) groups is 1. The molecule has 0 fully saturated rings. The molecule has 1 atom stereocenters. The fourth-order valence-electron chi connectivity index (χ4n) is 1.73. The van der Waals surface area contributed by atoms with E-state index >= 15 is 0 Å². The van der Waals surface area contributed by atoms with Gasteiger partial charge in [0.1, 0.15) is 6.29 Å². The predicted molar refractivity (Wildman–Crippen MR) is 59.7 cm³/mol. The molecule has 0 saturated carbocycles. The smallest absolute Gasteiger partial charge is 0.120 e. The van der Waals surface area contributed by atoms with Gasteiger partial charge in [-0.1, -0.05) is 6.92 Å². The zero-order valence-electron chi connectivity index (χ0n) is 9.37. The Balaban J connectivity index is 3.22. The van der Waals surface area contributed by atoms with Crippen LogP contribution in [0.25, 0.3) is 0 Å². The molecule has 1 rings (SSSR count). The van der Waals surface area contributed by atoms with E-state index in [2.05, 4.69) is 6.07 Å². The Morgan fingerprint density at radius 2 is 2.13 bits per heavy atom.